The predicted octanol–water partition coefficient (Wildman–Crippen LogP) is 1.27. The van der Waals surface area contributed by atoms with Gasteiger partial charge in [-0.2, -0.15) is 4.99 Å². The molecule has 1 aliphatic carbocycles. The van der Waals surface area contributed by atoms with Gasteiger partial charge in [-0.3, -0.25) is 9.59 Å². The van der Waals surface area contributed by atoms with Gasteiger partial charge in [0.2, 0.25) is 0 Å². The number of hydrogen-bond donors (Lipinski definition) is 1. The van der Waals surface area contributed by atoms with Crippen molar-refractivity contribution in [2.24, 2.45) is 15.9 Å². The van der Waals surface area contributed by atoms with Crippen LogP contribution in [0.3, 0.4) is 0 Å². The van der Waals surface area contributed by atoms with Gasteiger partial charge in [-0.05, 0) is 13.0 Å². The first-order valence-corrected chi connectivity index (χ1v) is 5.97. The van der Waals surface area contributed by atoms with Gasteiger partial charge in [0.15, 0.2) is 5.17 Å². The van der Waals surface area contributed by atoms with Gasteiger partial charge in [0.05, 0.1) is 11.5 Å². The van der Waals surface area contributed by atoms with Crippen LogP contribution in [0.4, 0.5) is 0 Å². The predicted molar refractivity (Wildman–Crippen MR) is 66.4 cm³/mol. The molecule has 1 heterocycles. The van der Waals surface area contributed by atoms with E-state index in [2.05, 4.69) is 9.98 Å². The SMILES string of the molecule is CC1=CC2C(=O)N=C(SCC(=O)O)N=C2C=C1. The summed E-state index contributed by atoms with van der Waals surface area (Å²) in [5.74, 6) is -1.80. The second-order valence-corrected chi connectivity index (χ2v) is 4.62. The van der Waals surface area contributed by atoms with Crippen LogP contribution in [0.1, 0.15) is 6.92 Å². The van der Waals surface area contributed by atoms with Gasteiger partial charge in [0.25, 0.3) is 5.91 Å². The number of hydrogen-bond acceptors (Lipinski definition) is 4. The summed E-state index contributed by atoms with van der Waals surface area (Å²) < 4.78 is 0. The standard InChI is InChI=1S/C11H10N2O3S/c1-6-2-3-8-7(4-6)10(16)13-11(12-8)17-5-9(14)15/h2-4,7H,5H2,1H3,(H,14,15). The number of amides is 1. The zero-order valence-corrected chi connectivity index (χ0v) is 9.90. The van der Waals surface area contributed by atoms with E-state index >= 15 is 0 Å². The molecule has 0 fully saturated rings. The highest BCUT2D eigenvalue weighted by atomic mass is 32.2. The number of carboxylic acid groups (broad SMARTS) is 1. The lowest BCUT2D eigenvalue weighted by molar-refractivity contribution is -0.133. The molecular formula is C11H10N2O3S. The van der Waals surface area contributed by atoms with Crippen molar-refractivity contribution < 1.29 is 14.7 Å². The molecule has 6 heteroatoms. The van der Waals surface area contributed by atoms with Crippen molar-refractivity contribution in [1.29, 1.82) is 0 Å². The number of nitrogens with zero attached hydrogens (tertiary/aromatic N) is 2. The summed E-state index contributed by atoms with van der Waals surface area (Å²) in [5, 5.41) is 8.77. The molecule has 88 valence electrons. The summed E-state index contributed by atoms with van der Waals surface area (Å²) in [6.45, 7) is 1.90. The van der Waals surface area contributed by atoms with Crippen LogP contribution >= 0.6 is 11.8 Å². The minimum Gasteiger partial charge on any atom is -0.481 e. The average Bonchev–Trinajstić information content (AvgIpc) is 2.27. The number of rotatable bonds is 2. The molecule has 0 saturated heterocycles. The summed E-state index contributed by atoms with van der Waals surface area (Å²) in [5.41, 5.74) is 1.63. The Hall–Kier alpha value is -1.69. The number of aliphatic imine (C=N–C) groups is 2. The van der Waals surface area contributed by atoms with Crippen molar-refractivity contribution in [2.75, 3.05) is 5.75 Å². The number of aliphatic carboxylic acids is 1. The number of allylic oxidation sites excluding steroid dienone is 3. The zero-order valence-electron chi connectivity index (χ0n) is 9.08. The molecule has 1 amide bonds. The quantitative estimate of drug-likeness (QED) is 0.800. The number of fused-ring (bicyclic) bond motifs is 1. The lowest BCUT2D eigenvalue weighted by atomic mass is 9.93. The largest absolute Gasteiger partial charge is 0.481 e. The van der Waals surface area contributed by atoms with E-state index in [4.69, 9.17) is 5.11 Å². The van der Waals surface area contributed by atoms with Crippen molar-refractivity contribution in [2.45, 2.75) is 6.92 Å². The molecule has 0 aromatic rings. The van der Waals surface area contributed by atoms with Gasteiger partial charge in [0.1, 0.15) is 5.92 Å². The molecule has 1 N–H and O–H groups in total. The molecule has 1 aliphatic heterocycles. The third-order valence-corrected chi connectivity index (χ3v) is 3.12. The highest BCUT2D eigenvalue weighted by Crippen LogP contribution is 2.22. The van der Waals surface area contributed by atoms with Crippen LogP contribution in [-0.4, -0.2) is 33.6 Å². The van der Waals surface area contributed by atoms with Gasteiger partial charge >= 0.3 is 5.97 Å². The molecule has 0 radical (unpaired) electrons. The van der Waals surface area contributed by atoms with Crippen molar-refractivity contribution in [3.63, 3.8) is 0 Å². The number of carboxylic acids is 1. The molecule has 1 unspecified atom stereocenters. The molecule has 5 nitrogen and oxygen atoms in total. The molecule has 0 aromatic carbocycles. The maximum atomic E-state index is 11.7. The Labute approximate surface area is 102 Å². The Morgan fingerprint density at radius 1 is 1.47 bits per heavy atom. The first-order valence-electron chi connectivity index (χ1n) is 4.98. The van der Waals surface area contributed by atoms with Crippen molar-refractivity contribution in [1.82, 2.24) is 0 Å². The summed E-state index contributed by atoms with van der Waals surface area (Å²) in [6, 6.07) is 0. The van der Waals surface area contributed by atoms with E-state index in [0.717, 1.165) is 17.3 Å². The number of thioether (sulfide) groups is 1. The third-order valence-electron chi connectivity index (χ3n) is 2.29. The Morgan fingerprint density at radius 3 is 2.94 bits per heavy atom. The van der Waals surface area contributed by atoms with Gasteiger partial charge in [-0.1, -0.05) is 29.5 Å². The summed E-state index contributed by atoms with van der Waals surface area (Å²) in [6.07, 6.45) is 5.45. The van der Waals surface area contributed by atoms with Crippen molar-refractivity contribution >= 4 is 34.5 Å². The molecule has 0 saturated carbocycles. The zero-order chi connectivity index (χ0) is 12.4. The number of carbonyl (C=O) groups excluding carboxylic acids is 1. The van der Waals surface area contributed by atoms with E-state index < -0.39 is 11.9 Å². The topological polar surface area (TPSA) is 79.1 Å². The first kappa shape index (κ1) is 11.8. The van der Waals surface area contributed by atoms with Crippen LogP contribution < -0.4 is 0 Å². The van der Waals surface area contributed by atoms with Gasteiger partial charge < -0.3 is 5.11 Å². The van der Waals surface area contributed by atoms with E-state index in [0.29, 0.717) is 5.71 Å². The van der Waals surface area contributed by atoms with Gasteiger partial charge in [0, 0.05) is 0 Å². The Balaban J connectivity index is 2.18. The normalized spacial score (nSPS) is 22.5. The second-order valence-electron chi connectivity index (χ2n) is 3.67. The van der Waals surface area contributed by atoms with E-state index in [1.807, 2.05) is 19.1 Å². The van der Waals surface area contributed by atoms with Crippen LogP contribution in [0.2, 0.25) is 0 Å². The number of carbonyl (C=O) groups is 2. The van der Waals surface area contributed by atoms with Crippen LogP contribution in [0.5, 0.6) is 0 Å². The molecule has 17 heavy (non-hydrogen) atoms. The van der Waals surface area contributed by atoms with Crippen molar-refractivity contribution in [3.05, 3.63) is 23.8 Å². The van der Waals surface area contributed by atoms with E-state index in [9.17, 15) is 9.59 Å². The summed E-state index contributed by atoms with van der Waals surface area (Å²) in [4.78, 5) is 30.1. The smallest absolute Gasteiger partial charge is 0.313 e. The lowest BCUT2D eigenvalue weighted by Gasteiger charge is -2.18. The Morgan fingerprint density at radius 2 is 2.24 bits per heavy atom. The fourth-order valence-electron chi connectivity index (χ4n) is 1.52. The molecule has 0 aromatic heterocycles. The van der Waals surface area contributed by atoms with Gasteiger partial charge in [-0.25, -0.2) is 4.99 Å². The highest BCUT2D eigenvalue weighted by molar-refractivity contribution is 8.14. The monoisotopic (exact) mass is 250 g/mol. The average molecular weight is 250 g/mol. The van der Waals surface area contributed by atoms with E-state index in [1.165, 1.54) is 0 Å². The summed E-state index contributed by atoms with van der Waals surface area (Å²) >= 11 is 0.953. The summed E-state index contributed by atoms with van der Waals surface area (Å²) in [7, 11) is 0. The van der Waals surface area contributed by atoms with Crippen LogP contribution in [0, 0.1) is 5.92 Å². The van der Waals surface area contributed by atoms with Crippen molar-refractivity contribution in [3.8, 4) is 0 Å². The Kier molecular flexibility index (Phi) is 3.23. The second kappa shape index (κ2) is 4.67. The maximum Gasteiger partial charge on any atom is 0.313 e. The van der Waals surface area contributed by atoms with Crippen LogP contribution in [0.15, 0.2) is 33.8 Å². The first-order chi connectivity index (χ1) is 8.06. The Bertz CT molecular complexity index is 503. The van der Waals surface area contributed by atoms with E-state index in [-0.39, 0.29) is 16.8 Å². The maximum absolute atomic E-state index is 11.7. The number of amidine groups is 1. The fourth-order valence-corrected chi connectivity index (χ4v) is 2.10. The van der Waals surface area contributed by atoms with E-state index in [1.54, 1.807) is 6.08 Å². The molecular weight excluding hydrogens is 240 g/mol. The lowest BCUT2D eigenvalue weighted by Crippen LogP contribution is -2.27. The molecule has 2 aliphatic rings. The van der Waals surface area contributed by atoms with Crippen LogP contribution in [0.25, 0.3) is 0 Å². The molecule has 2 rings (SSSR count). The van der Waals surface area contributed by atoms with Crippen LogP contribution in [-0.2, 0) is 9.59 Å². The highest BCUT2D eigenvalue weighted by Gasteiger charge is 2.27. The molecule has 0 bridgehead atoms. The van der Waals surface area contributed by atoms with Gasteiger partial charge in [-0.15, -0.1) is 0 Å². The minimum absolute atomic E-state index is 0.147. The fraction of sp³-hybridized carbons (Fsp3) is 0.273. The minimum atomic E-state index is -0.956. The molecule has 1 atom stereocenters. The third kappa shape index (κ3) is 2.71. The molecule has 0 spiro atoms.